The van der Waals surface area contributed by atoms with E-state index in [1.54, 1.807) is 56.3 Å². The third-order valence-corrected chi connectivity index (χ3v) is 6.61. The van der Waals surface area contributed by atoms with Gasteiger partial charge < -0.3 is 9.99 Å². The molecule has 0 aliphatic carbocycles. The molecule has 142 valence electrons. The zero-order chi connectivity index (χ0) is 19.8. The summed E-state index contributed by atoms with van der Waals surface area (Å²) in [6.45, 7) is 1.66. The van der Waals surface area contributed by atoms with Crippen LogP contribution < -0.4 is 44.1 Å². The maximum atomic E-state index is 11.4. The van der Waals surface area contributed by atoms with Gasteiger partial charge in [0.15, 0.2) is 5.75 Å². The summed E-state index contributed by atoms with van der Waals surface area (Å²) in [4.78, 5) is 0. The average Bonchev–Trinajstić information content (AvgIpc) is 2.71. The van der Waals surface area contributed by atoms with E-state index < -0.39 is 20.8 Å². The van der Waals surface area contributed by atoms with Crippen molar-refractivity contribution in [2.75, 3.05) is 14.2 Å². The minimum atomic E-state index is -2.28. The van der Waals surface area contributed by atoms with E-state index in [0.717, 1.165) is 16.9 Å². The van der Waals surface area contributed by atoms with Gasteiger partial charge in [0.05, 0.1) is 20.4 Å². The SMILES string of the molecule is COc1ccc(/C=N/N(C)[P+](=S)Oc2ccc(C(C)[P+](=O)O[O-])cc2)cc1.[Na+]. The molecule has 28 heavy (non-hydrogen) atoms. The van der Waals surface area contributed by atoms with Crippen molar-refractivity contribution in [2.24, 2.45) is 5.10 Å². The van der Waals surface area contributed by atoms with Gasteiger partial charge in [-0.3, -0.25) is 4.52 Å². The van der Waals surface area contributed by atoms with Crippen molar-refractivity contribution in [3.05, 3.63) is 59.7 Å². The fourth-order valence-corrected chi connectivity index (χ4v) is 3.51. The molecule has 2 aromatic carbocycles. The van der Waals surface area contributed by atoms with Gasteiger partial charge in [-0.15, -0.1) is 5.10 Å². The van der Waals surface area contributed by atoms with Gasteiger partial charge in [0.2, 0.25) is 17.5 Å². The second-order valence-electron chi connectivity index (χ2n) is 5.44. The van der Waals surface area contributed by atoms with E-state index in [0.29, 0.717) is 5.75 Å². The monoisotopic (exact) mass is 448 g/mol. The van der Waals surface area contributed by atoms with Crippen molar-refractivity contribution in [2.45, 2.75) is 12.6 Å². The van der Waals surface area contributed by atoms with Gasteiger partial charge in [0, 0.05) is 5.56 Å². The molecular weight excluding hydrogens is 429 g/mol. The van der Waals surface area contributed by atoms with E-state index in [4.69, 9.17) is 21.1 Å². The Balaban J connectivity index is 0.00000392. The Labute approximate surface area is 193 Å². The quantitative estimate of drug-likeness (QED) is 0.185. The molecule has 7 nitrogen and oxygen atoms in total. The number of hydrazone groups is 1. The molecule has 3 atom stereocenters. The van der Waals surface area contributed by atoms with Crippen LogP contribution in [0.5, 0.6) is 11.5 Å². The number of benzene rings is 2. The Morgan fingerprint density at radius 2 is 1.71 bits per heavy atom. The first-order valence-electron chi connectivity index (χ1n) is 7.87. The Morgan fingerprint density at radius 3 is 2.25 bits per heavy atom. The van der Waals surface area contributed by atoms with Crippen LogP contribution in [0, 0.1) is 0 Å². The standard InChI is InChI=1S/C17H19N2O5P2S.Na/c1-13(25(21)24-20)15-6-10-17(11-7-15)23-26(27)19(2)18-12-14-4-8-16(22-3)9-5-14;/h4-13H,1-3H3;/q2*+1/b18-12+;. The maximum absolute atomic E-state index is 11.4. The van der Waals surface area contributed by atoms with Crippen LogP contribution in [0.3, 0.4) is 0 Å². The minimum absolute atomic E-state index is 0. The van der Waals surface area contributed by atoms with E-state index in [1.807, 2.05) is 24.3 Å². The maximum Gasteiger partial charge on any atom is 1.00 e. The van der Waals surface area contributed by atoms with Crippen LogP contribution in [0.15, 0.2) is 53.6 Å². The molecule has 0 heterocycles. The molecule has 0 spiro atoms. The Kier molecular flexibility index (Phi) is 11.3. The van der Waals surface area contributed by atoms with Gasteiger partial charge in [0.1, 0.15) is 5.75 Å². The van der Waals surface area contributed by atoms with E-state index in [2.05, 4.69) is 9.78 Å². The van der Waals surface area contributed by atoms with Gasteiger partial charge in [-0.25, -0.2) is 0 Å². The van der Waals surface area contributed by atoms with Crippen LogP contribution in [-0.4, -0.2) is 25.2 Å². The van der Waals surface area contributed by atoms with Crippen molar-refractivity contribution < 1.29 is 53.3 Å². The topological polar surface area (TPSA) is 83.4 Å². The predicted octanol–water partition coefficient (Wildman–Crippen LogP) is 0.913. The summed E-state index contributed by atoms with van der Waals surface area (Å²) in [6, 6.07) is 14.4. The smallest absolute Gasteiger partial charge is 0.674 e. The molecule has 0 saturated carbocycles. The van der Waals surface area contributed by atoms with Gasteiger partial charge in [-0.2, -0.15) is 4.67 Å². The second kappa shape index (κ2) is 12.6. The van der Waals surface area contributed by atoms with Crippen LogP contribution in [0.2, 0.25) is 0 Å². The third-order valence-electron chi connectivity index (χ3n) is 3.66. The number of methoxy groups -OCH3 is 1. The van der Waals surface area contributed by atoms with Crippen LogP contribution >= 0.6 is 15.1 Å². The molecule has 0 aromatic heterocycles. The Hall–Kier alpha value is -0.950. The Bertz CT molecular complexity index is 821. The molecule has 0 aliphatic rings. The largest absolute Gasteiger partial charge is 1.00 e. The van der Waals surface area contributed by atoms with E-state index in [-0.39, 0.29) is 29.6 Å². The van der Waals surface area contributed by atoms with Crippen LogP contribution in [0.25, 0.3) is 0 Å². The van der Waals surface area contributed by atoms with E-state index in [1.165, 1.54) is 0 Å². The van der Waals surface area contributed by atoms with Gasteiger partial charge in [0.25, 0.3) is 0 Å². The van der Waals surface area contributed by atoms with Gasteiger partial charge in [-0.1, -0.05) is 16.9 Å². The van der Waals surface area contributed by atoms with Crippen LogP contribution in [0.4, 0.5) is 0 Å². The molecule has 0 fully saturated rings. The van der Waals surface area contributed by atoms with Crippen molar-refractivity contribution in [1.82, 2.24) is 4.78 Å². The van der Waals surface area contributed by atoms with Crippen LogP contribution in [0.1, 0.15) is 23.7 Å². The number of hydrogen-bond acceptors (Lipinski definition) is 7. The minimum Gasteiger partial charge on any atom is -0.674 e. The Morgan fingerprint density at radius 1 is 1.14 bits per heavy atom. The van der Waals surface area contributed by atoms with E-state index in [9.17, 15) is 9.82 Å². The van der Waals surface area contributed by atoms with Crippen molar-refractivity contribution in [3.63, 3.8) is 0 Å². The van der Waals surface area contributed by atoms with Gasteiger partial charge >= 0.3 is 44.7 Å². The first kappa shape index (κ1) is 25.1. The second-order valence-corrected chi connectivity index (χ2v) is 9.11. The number of hydrogen-bond donors (Lipinski definition) is 0. The van der Waals surface area contributed by atoms with Crippen molar-refractivity contribution in [3.8, 4) is 11.5 Å². The zero-order valence-electron chi connectivity index (χ0n) is 16.0. The third kappa shape index (κ3) is 7.47. The normalized spacial score (nSPS) is 12.7. The molecule has 0 aliphatic heterocycles. The molecule has 0 radical (unpaired) electrons. The zero-order valence-corrected chi connectivity index (χ0v) is 20.6. The molecule has 0 bridgehead atoms. The summed E-state index contributed by atoms with van der Waals surface area (Å²) in [5, 5.41) is 14.6. The molecule has 11 heteroatoms. The van der Waals surface area contributed by atoms with Crippen LogP contribution in [-0.2, 0) is 21.0 Å². The number of rotatable bonds is 9. The fourth-order valence-electron chi connectivity index (χ4n) is 2.03. The molecular formula is C17H19N2NaO5P2S+2. The molecule has 2 aromatic rings. The number of ether oxygens (including phenoxy) is 1. The average molecular weight is 448 g/mol. The molecule has 2 rings (SSSR count). The number of nitrogens with zero attached hydrogens (tertiary/aromatic N) is 2. The van der Waals surface area contributed by atoms with Gasteiger partial charge in [-0.05, 0) is 53.5 Å². The van der Waals surface area contributed by atoms with Crippen molar-refractivity contribution >= 4 is 33.1 Å². The molecule has 0 saturated heterocycles. The molecule has 0 amide bonds. The predicted molar refractivity (Wildman–Crippen MR) is 107 cm³/mol. The fraction of sp³-hybridized carbons (Fsp3) is 0.235. The molecule has 3 unspecified atom stereocenters. The molecule has 0 N–H and O–H groups in total. The summed E-state index contributed by atoms with van der Waals surface area (Å²) in [5.41, 5.74) is 1.14. The summed E-state index contributed by atoms with van der Waals surface area (Å²) in [5.74, 6) is 1.34. The summed E-state index contributed by atoms with van der Waals surface area (Å²) >= 11 is 5.37. The first-order chi connectivity index (χ1) is 12.9. The first-order valence-corrected chi connectivity index (χ1v) is 11.3. The van der Waals surface area contributed by atoms with Crippen molar-refractivity contribution in [1.29, 1.82) is 0 Å². The van der Waals surface area contributed by atoms with E-state index >= 15 is 0 Å². The summed E-state index contributed by atoms with van der Waals surface area (Å²) in [7, 11) is -0.328. The summed E-state index contributed by atoms with van der Waals surface area (Å²) < 4.78 is 27.5. The summed E-state index contributed by atoms with van der Waals surface area (Å²) in [6.07, 6.45) is 1.69.